The summed E-state index contributed by atoms with van der Waals surface area (Å²) >= 11 is 0. The van der Waals surface area contributed by atoms with Crippen molar-refractivity contribution in [2.24, 2.45) is 0 Å². The molecule has 1 N–H and O–H groups in total. The number of aromatic nitrogens is 1. The lowest BCUT2D eigenvalue weighted by molar-refractivity contribution is -0.0228. The van der Waals surface area contributed by atoms with Gasteiger partial charge in [-0.3, -0.25) is 9.59 Å². The number of morpholine rings is 1. The molecule has 2 heterocycles. The number of nitrogens with zero attached hydrogens (tertiary/aromatic N) is 1. The molecule has 1 amide bonds. The van der Waals surface area contributed by atoms with Gasteiger partial charge in [-0.2, -0.15) is 0 Å². The van der Waals surface area contributed by atoms with Crippen LogP contribution in [0.25, 0.3) is 0 Å². The van der Waals surface area contributed by atoms with Gasteiger partial charge in [0, 0.05) is 23.9 Å². The Kier molecular flexibility index (Phi) is 4.81. The molecule has 1 aliphatic heterocycles. The highest BCUT2D eigenvalue weighted by Crippen LogP contribution is 2.23. The van der Waals surface area contributed by atoms with E-state index in [1.54, 1.807) is 11.0 Å². The molecule has 0 bridgehead atoms. The summed E-state index contributed by atoms with van der Waals surface area (Å²) < 4.78 is 5.80. The number of H-pyrrole nitrogens is 1. The van der Waals surface area contributed by atoms with Crippen molar-refractivity contribution in [3.63, 3.8) is 0 Å². The highest BCUT2D eigenvalue weighted by atomic mass is 16.5. The van der Waals surface area contributed by atoms with Gasteiger partial charge < -0.3 is 14.6 Å². The molecule has 0 saturated carbocycles. The SMILES string of the molecule is CC(C)c1cc(C(=O)N2CCOC(c3ccccc3)C2)cc(=O)[nH]1. The summed E-state index contributed by atoms with van der Waals surface area (Å²) in [6, 6.07) is 13.0. The van der Waals surface area contributed by atoms with Crippen LogP contribution in [0.15, 0.2) is 47.3 Å². The Hall–Kier alpha value is -2.40. The van der Waals surface area contributed by atoms with Gasteiger partial charge in [-0.15, -0.1) is 0 Å². The van der Waals surface area contributed by atoms with Gasteiger partial charge in [-0.1, -0.05) is 44.2 Å². The predicted octanol–water partition coefficient (Wildman–Crippen LogP) is 2.71. The van der Waals surface area contributed by atoms with Crippen LogP contribution in [0.3, 0.4) is 0 Å². The van der Waals surface area contributed by atoms with Crippen molar-refractivity contribution in [1.82, 2.24) is 9.88 Å². The van der Waals surface area contributed by atoms with E-state index in [1.165, 1.54) is 6.07 Å². The van der Waals surface area contributed by atoms with Crippen molar-refractivity contribution in [3.05, 3.63) is 69.6 Å². The second kappa shape index (κ2) is 7.01. The van der Waals surface area contributed by atoms with Crippen LogP contribution in [-0.2, 0) is 4.74 Å². The van der Waals surface area contributed by atoms with E-state index in [0.717, 1.165) is 11.3 Å². The van der Waals surface area contributed by atoms with E-state index in [9.17, 15) is 9.59 Å². The van der Waals surface area contributed by atoms with Gasteiger partial charge in [0.2, 0.25) is 5.56 Å². The van der Waals surface area contributed by atoms with Crippen LogP contribution in [-0.4, -0.2) is 35.5 Å². The lowest BCUT2D eigenvalue weighted by atomic mass is 10.1. The summed E-state index contributed by atoms with van der Waals surface area (Å²) in [6.45, 7) is 5.49. The van der Waals surface area contributed by atoms with Gasteiger partial charge in [0.05, 0.1) is 13.2 Å². The molecule has 0 radical (unpaired) electrons. The monoisotopic (exact) mass is 326 g/mol. The first-order valence-electron chi connectivity index (χ1n) is 8.24. The Labute approximate surface area is 141 Å². The Morgan fingerprint density at radius 1 is 1.25 bits per heavy atom. The van der Waals surface area contributed by atoms with Crippen molar-refractivity contribution in [3.8, 4) is 0 Å². The van der Waals surface area contributed by atoms with Crippen LogP contribution in [0.2, 0.25) is 0 Å². The summed E-state index contributed by atoms with van der Waals surface area (Å²) in [5.41, 5.74) is 2.04. The quantitative estimate of drug-likeness (QED) is 0.943. The van der Waals surface area contributed by atoms with Crippen molar-refractivity contribution < 1.29 is 9.53 Å². The van der Waals surface area contributed by atoms with Crippen molar-refractivity contribution in [2.45, 2.75) is 25.9 Å². The summed E-state index contributed by atoms with van der Waals surface area (Å²) in [4.78, 5) is 29.2. The number of aromatic amines is 1. The number of carbonyl (C=O) groups is 1. The lowest BCUT2D eigenvalue weighted by Gasteiger charge is -2.33. The minimum absolute atomic E-state index is 0.118. The standard InChI is InChI=1S/C19H22N2O3/c1-13(2)16-10-15(11-18(22)20-16)19(23)21-8-9-24-17(12-21)14-6-4-3-5-7-14/h3-7,10-11,13,17H,8-9,12H2,1-2H3,(H,20,22). The number of hydrogen-bond acceptors (Lipinski definition) is 3. The van der Waals surface area contributed by atoms with Crippen molar-refractivity contribution >= 4 is 5.91 Å². The molecule has 1 aliphatic rings. The first-order valence-corrected chi connectivity index (χ1v) is 8.24. The maximum Gasteiger partial charge on any atom is 0.254 e. The molecule has 1 saturated heterocycles. The van der Waals surface area contributed by atoms with Gasteiger partial charge >= 0.3 is 0 Å². The zero-order chi connectivity index (χ0) is 17.1. The molecule has 1 aromatic heterocycles. The normalized spacial score (nSPS) is 18.0. The van der Waals surface area contributed by atoms with E-state index in [-0.39, 0.29) is 23.5 Å². The molecule has 24 heavy (non-hydrogen) atoms. The molecular formula is C19H22N2O3. The number of rotatable bonds is 3. The number of amides is 1. The third kappa shape index (κ3) is 3.57. The second-order valence-electron chi connectivity index (χ2n) is 6.36. The minimum atomic E-state index is -0.239. The smallest absolute Gasteiger partial charge is 0.254 e. The highest BCUT2D eigenvalue weighted by Gasteiger charge is 2.26. The topological polar surface area (TPSA) is 62.4 Å². The molecule has 5 nitrogen and oxygen atoms in total. The maximum atomic E-state index is 12.8. The van der Waals surface area contributed by atoms with Crippen LogP contribution >= 0.6 is 0 Å². The molecule has 1 aromatic carbocycles. The molecule has 5 heteroatoms. The molecule has 0 aliphatic carbocycles. The Bertz CT molecular complexity index is 768. The summed E-state index contributed by atoms with van der Waals surface area (Å²) in [5, 5.41) is 0. The van der Waals surface area contributed by atoms with Crippen molar-refractivity contribution in [2.75, 3.05) is 19.7 Å². The van der Waals surface area contributed by atoms with Gasteiger partial charge in [0.1, 0.15) is 6.10 Å². The number of hydrogen-bond donors (Lipinski definition) is 1. The van der Waals surface area contributed by atoms with E-state index >= 15 is 0 Å². The fourth-order valence-corrected chi connectivity index (χ4v) is 2.89. The number of benzene rings is 1. The molecule has 0 spiro atoms. The van der Waals surface area contributed by atoms with E-state index in [1.807, 2.05) is 44.2 Å². The zero-order valence-electron chi connectivity index (χ0n) is 14.0. The molecular weight excluding hydrogens is 304 g/mol. The molecule has 126 valence electrons. The molecule has 1 fully saturated rings. The number of pyridine rings is 1. The van der Waals surface area contributed by atoms with E-state index < -0.39 is 0 Å². The van der Waals surface area contributed by atoms with Gasteiger partial charge in [0.15, 0.2) is 0 Å². The predicted molar refractivity (Wildman–Crippen MR) is 92.2 cm³/mol. The van der Waals surface area contributed by atoms with E-state index in [0.29, 0.717) is 25.3 Å². The second-order valence-corrected chi connectivity index (χ2v) is 6.36. The lowest BCUT2D eigenvalue weighted by Crippen LogP contribution is -2.42. The molecule has 3 rings (SSSR count). The number of carbonyl (C=O) groups excluding carboxylic acids is 1. The first-order chi connectivity index (χ1) is 11.5. The van der Waals surface area contributed by atoms with Crippen LogP contribution < -0.4 is 5.56 Å². The summed E-state index contributed by atoms with van der Waals surface area (Å²) in [6.07, 6.45) is -0.129. The zero-order valence-corrected chi connectivity index (χ0v) is 14.0. The number of nitrogens with one attached hydrogen (secondary N) is 1. The van der Waals surface area contributed by atoms with E-state index in [2.05, 4.69) is 4.98 Å². The van der Waals surface area contributed by atoms with E-state index in [4.69, 9.17) is 4.74 Å². The van der Waals surface area contributed by atoms with Crippen LogP contribution in [0.5, 0.6) is 0 Å². The van der Waals surface area contributed by atoms with Crippen LogP contribution in [0, 0.1) is 0 Å². The Morgan fingerprint density at radius 3 is 2.71 bits per heavy atom. The Balaban J connectivity index is 1.81. The minimum Gasteiger partial charge on any atom is -0.370 e. The average molecular weight is 326 g/mol. The van der Waals surface area contributed by atoms with Crippen molar-refractivity contribution in [1.29, 1.82) is 0 Å². The fourth-order valence-electron chi connectivity index (χ4n) is 2.89. The van der Waals surface area contributed by atoms with Crippen LogP contribution in [0.4, 0.5) is 0 Å². The third-order valence-electron chi connectivity index (χ3n) is 4.26. The maximum absolute atomic E-state index is 12.8. The molecule has 1 atom stereocenters. The summed E-state index contributed by atoms with van der Waals surface area (Å²) in [5.74, 6) is 0.0411. The van der Waals surface area contributed by atoms with Gasteiger partial charge in [0.25, 0.3) is 5.91 Å². The first kappa shape index (κ1) is 16.5. The largest absolute Gasteiger partial charge is 0.370 e. The van der Waals surface area contributed by atoms with Crippen LogP contribution in [0.1, 0.15) is 47.5 Å². The van der Waals surface area contributed by atoms with Gasteiger partial charge in [-0.25, -0.2) is 0 Å². The summed E-state index contributed by atoms with van der Waals surface area (Å²) in [7, 11) is 0. The molecule has 2 aromatic rings. The number of ether oxygens (including phenoxy) is 1. The average Bonchev–Trinajstić information content (AvgIpc) is 2.61. The van der Waals surface area contributed by atoms with Gasteiger partial charge in [-0.05, 0) is 17.5 Å². The Morgan fingerprint density at radius 2 is 2.00 bits per heavy atom. The highest BCUT2D eigenvalue weighted by molar-refractivity contribution is 5.94. The fraction of sp³-hybridized carbons (Fsp3) is 0.368. The molecule has 1 unspecified atom stereocenters. The third-order valence-corrected chi connectivity index (χ3v) is 4.26.